The van der Waals surface area contributed by atoms with Gasteiger partial charge in [0.05, 0.1) is 13.6 Å². The van der Waals surface area contributed by atoms with Crippen LogP contribution in [0.4, 0.5) is 0 Å². The van der Waals surface area contributed by atoms with Crippen LogP contribution in [0.2, 0.25) is 0 Å². The number of rotatable bonds is 2. The Morgan fingerprint density at radius 3 is 2.81 bits per heavy atom. The van der Waals surface area contributed by atoms with Gasteiger partial charge in [-0.2, -0.15) is 0 Å². The molecule has 4 unspecified atom stereocenters. The van der Waals surface area contributed by atoms with Gasteiger partial charge in [0.2, 0.25) is 0 Å². The van der Waals surface area contributed by atoms with Crippen LogP contribution < -0.4 is 10.0 Å². The van der Waals surface area contributed by atoms with Gasteiger partial charge in [-0.25, -0.2) is 0 Å². The van der Waals surface area contributed by atoms with Crippen molar-refractivity contribution >= 4 is 0 Å². The highest BCUT2D eigenvalue weighted by Gasteiger charge is 2.60. The molecule has 4 rings (SSSR count). The lowest BCUT2D eigenvalue weighted by molar-refractivity contribution is -0.948. The Morgan fingerprint density at radius 1 is 1.33 bits per heavy atom. The van der Waals surface area contributed by atoms with Crippen molar-refractivity contribution in [3.63, 3.8) is 0 Å². The van der Waals surface area contributed by atoms with E-state index in [4.69, 9.17) is 0 Å². The van der Waals surface area contributed by atoms with Gasteiger partial charge in [0.25, 0.3) is 0 Å². The lowest BCUT2D eigenvalue weighted by Crippen LogP contribution is -3.21. The van der Waals surface area contributed by atoms with Gasteiger partial charge in [-0.15, -0.1) is 5.75 Å². The fraction of sp³-hybridized carbons (Fsp3) is 0.684. The molecule has 3 aliphatic rings. The molecule has 2 fully saturated rings. The number of piperidine rings is 1. The zero-order chi connectivity index (χ0) is 14.8. The van der Waals surface area contributed by atoms with E-state index in [1.165, 1.54) is 43.4 Å². The highest BCUT2D eigenvalue weighted by atomic mass is 16.3. The number of hydrogen-bond donors (Lipinski definition) is 1. The molecule has 0 amide bonds. The van der Waals surface area contributed by atoms with E-state index < -0.39 is 0 Å². The van der Waals surface area contributed by atoms with Gasteiger partial charge >= 0.3 is 0 Å². The van der Waals surface area contributed by atoms with Gasteiger partial charge in [0, 0.05) is 30.6 Å². The number of likely N-dealkylation sites (N-methyl/N-ethyl adjacent to an activating group) is 1. The summed E-state index contributed by atoms with van der Waals surface area (Å²) >= 11 is 0. The van der Waals surface area contributed by atoms with Crippen molar-refractivity contribution in [2.75, 3.05) is 13.6 Å². The number of nitrogens with one attached hydrogen (secondary N) is 1. The Hall–Kier alpha value is -1.02. The molecule has 1 N–H and O–H groups in total. The fourth-order valence-corrected chi connectivity index (χ4v) is 5.44. The first-order valence-corrected chi connectivity index (χ1v) is 8.59. The highest BCUT2D eigenvalue weighted by molar-refractivity contribution is 5.44. The smallest absolute Gasteiger partial charge is 0.105 e. The number of fused-ring (bicyclic) bond motifs is 4. The zero-order valence-electron chi connectivity index (χ0n) is 13.5. The van der Waals surface area contributed by atoms with E-state index in [1.54, 1.807) is 11.0 Å². The van der Waals surface area contributed by atoms with Gasteiger partial charge in [0.15, 0.2) is 0 Å². The molecular formula is C19H27NO. The van der Waals surface area contributed by atoms with Crippen LogP contribution in [-0.4, -0.2) is 19.1 Å². The van der Waals surface area contributed by atoms with Gasteiger partial charge in [-0.3, -0.25) is 0 Å². The van der Waals surface area contributed by atoms with Gasteiger partial charge < -0.3 is 10.0 Å². The summed E-state index contributed by atoms with van der Waals surface area (Å²) in [5.41, 5.74) is 3.43. The van der Waals surface area contributed by atoms with Gasteiger partial charge in [0.1, 0.15) is 5.54 Å². The number of likely N-dealkylation sites (tertiary alicyclic amines) is 1. The van der Waals surface area contributed by atoms with E-state index in [0.29, 0.717) is 11.5 Å². The maximum absolute atomic E-state index is 11.9. The molecule has 2 aliphatic carbocycles. The molecule has 1 saturated heterocycles. The lowest BCUT2D eigenvalue weighted by atomic mass is 9.52. The Balaban J connectivity index is 1.86. The second kappa shape index (κ2) is 4.25. The largest absolute Gasteiger partial charge is 0.872 e. The maximum atomic E-state index is 11.9. The van der Waals surface area contributed by atoms with Crippen molar-refractivity contribution in [3.8, 4) is 5.75 Å². The quantitative estimate of drug-likeness (QED) is 0.879. The molecule has 0 aromatic heterocycles. The Kier molecular flexibility index (Phi) is 2.76. The topological polar surface area (TPSA) is 27.5 Å². The molecule has 1 heterocycles. The number of benzene rings is 1. The summed E-state index contributed by atoms with van der Waals surface area (Å²) in [6.07, 6.45) is 6.56. The Labute approximate surface area is 128 Å². The van der Waals surface area contributed by atoms with Crippen molar-refractivity contribution in [2.45, 2.75) is 56.9 Å². The Morgan fingerprint density at radius 2 is 2.10 bits per heavy atom. The van der Waals surface area contributed by atoms with E-state index in [1.807, 2.05) is 6.07 Å². The predicted molar refractivity (Wildman–Crippen MR) is 82.6 cm³/mol. The standard InChI is InChI=1S/C19H27NO/c1-13-18(2)8-9-20(3)19(13,11-14-4-5-14)12-15-10-16(21)6-7-17(15)18/h6-7,10,13-14,21H,4-5,8-9,11-12H2,1-3H3. The summed E-state index contributed by atoms with van der Waals surface area (Å²) in [6, 6.07) is 5.84. The molecule has 114 valence electrons. The first kappa shape index (κ1) is 13.6. The van der Waals surface area contributed by atoms with E-state index in [0.717, 1.165) is 12.3 Å². The summed E-state index contributed by atoms with van der Waals surface area (Å²) in [5, 5.41) is 11.9. The normalized spacial score (nSPS) is 41.7. The lowest BCUT2D eigenvalue weighted by Gasteiger charge is -2.59. The molecule has 0 spiro atoms. The van der Waals surface area contributed by atoms with Gasteiger partial charge in [-0.05, 0) is 29.9 Å². The average Bonchev–Trinajstić information content (AvgIpc) is 3.24. The molecule has 21 heavy (non-hydrogen) atoms. The van der Waals surface area contributed by atoms with Crippen LogP contribution in [0.15, 0.2) is 18.2 Å². The summed E-state index contributed by atoms with van der Waals surface area (Å²) in [7, 11) is 2.39. The van der Waals surface area contributed by atoms with Gasteiger partial charge in [-0.1, -0.05) is 32.0 Å². The fourth-order valence-electron chi connectivity index (χ4n) is 5.44. The second-order valence-corrected chi connectivity index (χ2v) is 8.22. The van der Waals surface area contributed by atoms with Crippen LogP contribution in [0.3, 0.4) is 0 Å². The second-order valence-electron chi connectivity index (χ2n) is 8.22. The minimum atomic E-state index is 0.184. The summed E-state index contributed by atoms with van der Waals surface area (Å²) in [5.74, 6) is 1.83. The zero-order valence-corrected chi connectivity index (χ0v) is 13.5. The third kappa shape index (κ3) is 1.81. The SMILES string of the molecule is CC1C2(C)CC[NH+](C)C1(CC1CC1)Cc1cc([O-])ccc12. The van der Waals surface area contributed by atoms with Crippen molar-refractivity contribution in [3.05, 3.63) is 29.3 Å². The molecule has 0 radical (unpaired) electrons. The minimum absolute atomic E-state index is 0.184. The first-order valence-electron chi connectivity index (χ1n) is 8.59. The average molecular weight is 285 g/mol. The van der Waals surface area contributed by atoms with Crippen molar-refractivity contribution < 1.29 is 10.0 Å². The van der Waals surface area contributed by atoms with E-state index in [2.05, 4.69) is 27.0 Å². The van der Waals surface area contributed by atoms with Crippen LogP contribution >= 0.6 is 0 Å². The van der Waals surface area contributed by atoms with Crippen molar-refractivity contribution in [1.82, 2.24) is 0 Å². The third-order valence-corrected chi connectivity index (χ3v) is 7.20. The van der Waals surface area contributed by atoms with Crippen LogP contribution in [-0.2, 0) is 11.8 Å². The van der Waals surface area contributed by atoms with Crippen molar-refractivity contribution in [2.24, 2.45) is 11.8 Å². The summed E-state index contributed by atoms with van der Waals surface area (Å²) < 4.78 is 0. The maximum Gasteiger partial charge on any atom is 0.105 e. The van der Waals surface area contributed by atoms with E-state index in [9.17, 15) is 5.11 Å². The molecule has 4 atom stereocenters. The van der Waals surface area contributed by atoms with E-state index in [-0.39, 0.29) is 11.2 Å². The molecule has 1 aromatic rings. The highest BCUT2D eigenvalue weighted by Crippen LogP contribution is 2.52. The minimum Gasteiger partial charge on any atom is -0.872 e. The van der Waals surface area contributed by atoms with Crippen LogP contribution in [0, 0.1) is 11.8 Å². The monoisotopic (exact) mass is 285 g/mol. The van der Waals surface area contributed by atoms with Crippen molar-refractivity contribution in [1.29, 1.82) is 0 Å². The first-order chi connectivity index (χ1) is 9.95. The summed E-state index contributed by atoms with van der Waals surface area (Å²) in [4.78, 5) is 1.71. The van der Waals surface area contributed by atoms with Crippen LogP contribution in [0.25, 0.3) is 0 Å². The molecule has 2 heteroatoms. The molecule has 2 nitrogen and oxygen atoms in total. The molecule has 1 aliphatic heterocycles. The summed E-state index contributed by atoms with van der Waals surface area (Å²) in [6.45, 7) is 6.21. The number of quaternary nitrogens is 1. The van der Waals surface area contributed by atoms with E-state index >= 15 is 0 Å². The molecule has 1 aromatic carbocycles. The van der Waals surface area contributed by atoms with Crippen LogP contribution in [0.1, 0.15) is 50.7 Å². The number of hydrogen-bond acceptors (Lipinski definition) is 1. The third-order valence-electron chi connectivity index (χ3n) is 7.20. The molecular weight excluding hydrogens is 258 g/mol. The molecule has 1 saturated carbocycles. The predicted octanol–water partition coefficient (Wildman–Crippen LogP) is 1.67. The molecule has 2 bridgehead atoms. The van der Waals surface area contributed by atoms with Crippen LogP contribution in [0.5, 0.6) is 5.75 Å². The Bertz CT molecular complexity index is 579.